The average molecular weight is 488 g/mol. The van der Waals surface area contributed by atoms with Crippen molar-refractivity contribution in [3.63, 3.8) is 0 Å². The summed E-state index contributed by atoms with van der Waals surface area (Å²) < 4.78 is 31.7. The van der Waals surface area contributed by atoms with Crippen LogP contribution < -0.4 is 11.1 Å². The third-order valence-corrected chi connectivity index (χ3v) is 5.96. The first-order valence-electron chi connectivity index (χ1n) is 9.22. The van der Waals surface area contributed by atoms with Crippen molar-refractivity contribution in [1.82, 2.24) is 10.2 Å². The number of nitrogens with two attached hydrogens (primary N) is 1. The highest BCUT2D eigenvalue weighted by molar-refractivity contribution is 6.42. The summed E-state index contributed by atoms with van der Waals surface area (Å²) in [6.07, 6.45) is -3.67. The zero-order valence-electron chi connectivity index (χ0n) is 16.1. The Balaban J connectivity index is 0.000000423. The predicted octanol–water partition coefficient (Wildman–Crippen LogP) is 1.90. The molecular weight excluding hydrogens is 466 g/mol. The van der Waals surface area contributed by atoms with Gasteiger partial charge < -0.3 is 31.3 Å². The molecule has 1 amide bonds. The summed E-state index contributed by atoms with van der Waals surface area (Å²) in [5, 5.41) is 30.9. The van der Waals surface area contributed by atoms with Crippen LogP contribution in [0, 0.1) is 5.92 Å². The molecule has 6 N–H and O–H groups in total. The van der Waals surface area contributed by atoms with E-state index in [4.69, 9.17) is 38.8 Å². The van der Waals surface area contributed by atoms with E-state index in [0.29, 0.717) is 49.6 Å². The highest BCUT2D eigenvalue weighted by Gasteiger charge is 2.45. The normalized spacial score (nSPS) is 19.6. The number of carboxylic acid groups (broad SMARTS) is 1. The minimum Gasteiger partial charge on any atom is -0.508 e. The molecule has 2 heterocycles. The number of carbonyl (C=O) groups is 2. The van der Waals surface area contributed by atoms with Gasteiger partial charge in [0.15, 0.2) is 5.60 Å². The van der Waals surface area contributed by atoms with Crippen molar-refractivity contribution < 1.29 is 38.1 Å². The Morgan fingerprint density at radius 2 is 1.68 bits per heavy atom. The van der Waals surface area contributed by atoms with Crippen LogP contribution in [-0.4, -0.2) is 70.1 Å². The predicted molar refractivity (Wildman–Crippen MR) is 106 cm³/mol. The second kappa shape index (κ2) is 9.78. The Labute approximate surface area is 185 Å². The van der Waals surface area contributed by atoms with Crippen LogP contribution >= 0.6 is 23.2 Å². The van der Waals surface area contributed by atoms with E-state index in [9.17, 15) is 28.2 Å². The first-order valence-corrected chi connectivity index (χ1v) is 9.98. The minimum absolute atomic E-state index is 0.0326. The van der Waals surface area contributed by atoms with Crippen LogP contribution in [0.4, 0.5) is 13.2 Å². The van der Waals surface area contributed by atoms with Gasteiger partial charge >= 0.3 is 12.1 Å². The smallest absolute Gasteiger partial charge is 0.490 e. The van der Waals surface area contributed by atoms with Crippen LogP contribution in [0.2, 0.25) is 10.0 Å². The van der Waals surface area contributed by atoms with Gasteiger partial charge in [0.1, 0.15) is 5.75 Å². The fraction of sp³-hybridized carbons (Fsp3) is 0.556. The Morgan fingerprint density at radius 1 is 1.19 bits per heavy atom. The van der Waals surface area contributed by atoms with Gasteiger partial charge in [-0.25, -0.2) is 4.79 Å². The SMILES string of the molecule is NC(c1cc(Cl)c(Cl)cc1O)C1CCN(C(=O)C2(O)CNC2)CC1.O=C(O)C(F)(F)F. The molecule has 2 aliphatic heterocycles. The molecule has 0 spiro atoms. The maximum atomic E-state index is 12.3. The Bertz CT molecular complexity index is 828. The molecule has 1 atom stereocenters. The lowest BCUT2D eigenvalue weighted by Gasteiger charge is -2.42. The number of aliphatic hydroxyl groups is 1. The summed E-state index contributed by atoms with van der Waals surface area (Å²) in [5.74, 6) is -2.82. The number of alkyl halides is 3. The number of nitrogens with zero attached hydrogens (tertiary/aromatic N) is 1. The number of piperidine rings is 1. The molecule has 0 bridgehead atoms. The number of benzene rings is 1. The molecule has 2 fully saturated rings. The molecule has 2 aliphatic rings. The van der Waals surface area contributed by atoms with Crippen LogP contribution in [0.3, 0.4) is 0 Å². The Hall–Kier alpha value is -1.79. The number of likely N-dealkylation sites (tertiary alicyclic amines) is 1. The first kappa shape index (κ1) is 25.5. The molecule has 0 aliphatic carbocycles. The number of carbonyl (C=O) groups excluding carboxylic acids is 1. The number of halogens is 5. The molecule has 8 nitrogen and oxygen atoms in total. The van der Waals surface area contributed by atoms with Gasteiger partial charge in [0.25, 0.3) is 5.91 Å². The van der Waals surface area contributed by atoms with Crippen molar-refractivity contribution in [2.45, 2.75) is 30.7 Å². The third-order valence-electron chi connectivity index (χ3n) is 5.24. The molecule has 31 heavy (non-hydrogen) atoms. The standard InChI is InChI=1S/C16H21Cl2N3O3.C2HF3O2/c17-11-5-10(13(22)6-12(11)18)14(19)9-1-3-21(4-2-9)15(23)16(24)7-20-8-16;3-2(4,5)1(6)7/h5-6,9,14,20,22,24H,1-4,7-8,19H2;(H,6,7). The highest BCUT2D eigenvalue weighted by atomic mass is 35.5. The summed E-state index contributed by atoms with van der Waals surface area (Å²) in [6.45, 7) is 1.70. The number of phenolic OH excluding ortho intramolecular Hbond substituents is 1. The van der Waals surface area contributed by atoms with E-state index in [1.807, 2.05) is 0 Å². The lowest BCUT2D eigenvalue weighted by molar-refractivity contribution is -0.192. The average Bonchev–Trinajstić information content (AvgIpc) is 2.67. The monoisotopic (exact) mass is 487 g/mol. The van der Waals surface area contributed by atoms with Gasteiger partial charge in [-0.3, -0.25) is 4.79 Å². The van der Waals surface area contributed by atoms with Crippen molar-refractivity contribution >= 4 is 35.1 Å². The summed E-state index contributed by atoms with van der Waals surface area (Å²) >= 11 is 11.9. The second-order valence-corrected chi connectivity index (χ2v) is 8.23. The van der Waals surface area contributed by atoms with E-state index in [1.54, 1.807) is 11.0 Å². The molecule has 0 radical (unpaired) electrons. The van der Waals surface area contributed by atoms with Crippen molar-refractivity contribution in [3.8, 4) is 5.75 Å². The number of nitrogens with one attached hydrogen (secondary N) is 1. The maximum Gasteiger partial charge on any atom is 0.490 e. The molecule has 174 valence electrons. The number of β-amino-alcohol motifs (C(OH)–C–C–N with tert-alkyl or cyclic N) is 1. The van der Waals surface area contributed by atoms with Crippen LogP contribution in [0.5, 0.6) is 5.75 Å². The second-order valence-electron chi connectivity index (χ2n) is 7.42. The number of amides is 1. The van der Waals surface area contributed by atoms with Crippen molar-refractivity contribution in [2.75, 3.05) is 26.2 Å². The topological polar surface area (TPSA) is 136 Å². The number of aromatic hydroxyl groups is 1. The lowest BCUT2D eigenvalue weighted by atomic mass is 9.84. The Kier molecular flexibility index (Phi) is 8.04. The Morgan fingerprint density at radius 3 is 2.10 bits per heavy atom. The van der Waals surface area contributed by atoms with Gasteiger partial charge in [0.2, 0.25) is 0 Å². The van der Waals surface area contributed by atoms with Gasteiger partial charge in [-0.1, -0.05) is 23.2 Å². The number of hydrogen-bond donors (Lipinski definition) is 5. The van der Waals surface area contributed by atoms with Gasteiger partial charge in [-0.2, -0.15) is 13.2 Å². The van der Waals surface area contributed by atoms with Crippen molar-refractivity contribution in [2.24, 2.45) is 11.7 Å². The first-order chi connectivity index (χ1) is 14.3. The quantitative estimate of drug-likeness (QED) is 0.439. The maximum absolute atomic E-state index is 12.3. The zero-order valence-corrected chi connectivity index (χ0v) is 17.6. The fourth-order valence-electron chi connectivity index (χ4n) is 3.34. The van der Waals surface area contributed by atoms with Crippen molar-refractivity contribution in [1.29, 1.82) is 0 Å². The third kappa shape index (κ3) is 6.13. The molecule has 0 aromatic heterocycles. The van der Waals surface area contributed by atoms with Gasteiger partial charge in [-0.05, 0) is 24.8 Å². The zero-order chi connectivity index (χ0) is 23.6. The van der Waals surface area contributed by atoms with Gasteiger partial charge in [0, 0.05) is 43.9 Å². The molecular formula is C18H22Cl2F3N3O5. The molecule has 1 aromatic rings. The highest BCUT2D eigenvalue weighted by Crippen LogP contribution is 2.38. The van der Waals surface area contributed by atoms with Gasteiger partial charge in [0.05, 0.1) is 10.0 Å². The van der Waals surface area contributed by atoms with E-state index in [-0.39, 0.29) is 28.6 Å². The number of phenols is 1. The summed E-state index contributed by atoms with van der Waals surface area (Å²) in [6, 6.07) is 2.62. The van der Waals surface area contributed by atoms with E-state index in [1.165, 1.54) is 6.07 Å². The molecule has 0 saturated carbocycles. The van der Waals surface area contributed by atoms with Crippen LogP contribution in [0.25, 0.3) is 0 Å². The van der Waals surface area contributed by atoms with E-state index < -0.39 is 17.7 Å². The summed E-state index contributed by atoms with van der Waals surface area (Å²) in [4.78, 5) is 22.9. The largest absolute Gasteiger partial charge is 0.508 e. The van der Waals surface area contributed by atoms with Gasteiger partial charge in [-0.15, -0.1) is 0 Å². The summed E-state index contributed by atoms with van der Waals surface area (Å²) in [7, 11) is 0. The number of aliphatic carboxylic acids is 1. The molecule has 1 unspecified atom stereocenters. The number of carboxylic acids is 1. The molecule has 3 rings (SSSR count). The molecule has 2 saturated heterocycles. The molecule has 1 aromatic carbocycles. The van der Waals surface area contributed by atoms with Crippen LogP contribution in [0.15, 0.2) is 12.1 Å². The lowest BCUT2D eigenvalue weighted by Crippen LogP contribution is -2.68. The van der Waals surface area contributed by atoms with E-state index in [0.717, 1.165) is 0 Å². The van der Waals surface area contributed by atoms with Crippen LogP contribution in [0.1, 0.15) is 24.4 Å². The number of rotatable bonds is 3. The molecule has 13 heteroatoms. The van der Waals surface area contributed by atoms with Crippen LogP contribution in [-0.2, 0) is 9.59 Å². The minimum atomic E-state index is -5.08. The van der Waals surface area contributed by atoms with Crippen molar-refractivity contribution in [3.05, 3.63) is 27.7 Å². The summed E-state index contributed by atoms with van der Waals surface area (Å²) in [5.41, 5.74) is 5.62. The number of hydrogen-bond acceptors (Lipinski definition) is 6. The van der Waals surface area contributed by atoms with E-state index >= 15 is 0 Å². The van der Waals surface area contributed by atoms with E-state index in [2.05, 4.69) is 5.32 Å². The fourth-order valence-corrected chi connectivity index (χ4v) is 3.67.